The number of rotatable bonds is 4. The van der Waals surface area contributed by atoms with Gasteiger partial charge in [-0.2, -0.15) is 13.2 Å². The van der Waals surface area contributed by atoms with Gasteiger partial charge in [-0.05, 0) is 31.2 Å². The van der Waals surface area contributed by atoms with Crippen LogP contribution in [0, 0.1) is 0 Å². The highest BCUT2D eigenvalue weighted by atomic mass is 35.5. The van der Waals surface area contributed by atoms with Crippen LogP contribution in [0.4, 0.5) is 18.9 Å². The fourth-order valence-electron chi connectivity index (χ4n) is 2.23. The van der Waals surface area contributed by atoms with E-state index in [4.69, 9.17) is 4.74 Å². The van der Waals surface area contributed by atoms with Gasteiger partial charge in [0.1, 0.15) is 12.6 Å². The molecule has 2 rings (SSSR count). The van der Waals surface area contributed by atoms with Gasteiger partial charge >= 0.3 is 6.18 Å². The monoisotopic (exact) mass is 381 g/mol. The molecule has 25 heavy (non-hydrogen) atoms. The number of nitrogens with one attached hydrogen (secondary N) is 3. The van der Waals surface area contributed by atoms with Crippen LogP contribution in [0.1, 0.15) is 17.3 Å². The van der Waals surface area contributed by atoms with Crippen molar-refractivity contribution in [1.82, 2.24) is 10.6 Å². The molecule has 0 aliphatic carbocycles. The molecule has 1 fully saturated rings. The lowest BCUT2D eigenvalue weighted by Crippen LogP contribution is -2.53. The maximum absolute atomic E-state index is 12.2. The van der Waals surface area contributed by atoms with Crippen molar-refractivity contribution < 1.29 is 27.5 Å². The Balaban J connectivity index is 0.00000312. The van der Waals surface area contributed by atoms with Crippen LogP contribution >= 0.6 is 12.4 Å². The van der Waals surface area contributed by atoms with E-state index in [0.29, 0.717) is 18.8 Å². The molecule has 0 bridgehead atoms. The molecule has 6 nitrogen and oxygen atoms in total. The van der Waals surface area contributed by atoms with Crippen molar-refractivity contribution in [3.05, 3.63) is 29.8 Å². The molecule has 1 aromatic carbocycles. The molecular weight excluding hydrogens is 363 g/mol. The van der Waals surface area contributed by atoms with E-state index in [1.807, 2.05) is 0 Å². The zero-order valence-electron chi connectivity index (χ0n) is 13.4. The summed E-state index contributed by atoms with van der Waals surface area (Å²) in [5.41, 5.74) is 0.511. The minimum atomic E-state index is -4.46. The smallest absolute Gasteiger partial charge is 0.375 e. The molecule has 1 aromatic rings. The van der Waals surface area contributed by atoms with Crippen LogP contribution in [-0.4, -0.2) is 49.8 Å². The first kappa shape index (κ1) is 21.2. The molecule has 0 radical (unpaired) electrons. The van der Waals surface area contributed by atoms with E-state index in [1.54, 1.807) is 12.2 Å². The number of amides is 2. The third-order valence-electron chi connectivity index (χ3n) is 3.46. The summed E-state index contributed by atoms with van der Waals surface area (Å²) in [4.78, 5) is 23.7. The van der Waals surface area contributed by atoms with Crippen LogP contribution in [0.15, 0.2) is 24.3 Å². The number of benzene rings is 1. The summed E-state index contributed by atoms with van der Waals surface area (Å²) >= 11 is 0. The van der Waals surface area contributed by atoms with Crippen LogP contribution in [0.25, 0.3) is 0 Å². The number of hydrogen-bond acceptors (Lipinski definition) is 4. The molecule has 1 aliphatic heterocycles. The highest BCUT2D eigenvalue weighted by molar-refractivity contribution is 5.97. The van der Waals surface area contributed by atoms with Crippen LogP contribution < -0.4 is 16.0 Å². The normalized spacial score (nSPS) is 20.3. The quantitative estimate of drug-likeness (QED) is 0.742. The van der Waals surface area contributed by atoms with Crippen LogP contribution in [0.3, 0.4) is 0 Å². The lowest BCUT2D eigenvalue weighted by molar-refractivity contribution is -0.124. The van der Waals surface area contributed by atoms with E-state index < -0.39 is 24.7 Å². The van der Waals surface area contributed by atoms with Gasteiger partial charge in [0.25, 0.3) is 5.91 Å². The SMILES string of the molecule is C[C@H]1OCCN[C@@H]1C(=O)Nc1ccc(C(=O)NCC(F)(F)F)cc1.Cl. The average molecular weight is 382 g/mol. The van der Waals surface area contributed by atoms with Crippen molar-refractivity contribution in [3.8, 4) is 0 Å². The van der Waals surface area contributed by atoms with Gasteiger partial charge in [-0.1, -0.05) is 0 Å². The van der Waals surface area contributed by atoms with Gasteiger partial charge in [-0.3, -0.25) is 9.59 Å². The molecule has 10 heteroatoms. The predicted octanol–water partition coefficient (Wildman–Crippen LogP) is 1.72. The zero-order valence-corrected chi connectivity index (χ0v) is 14.2. The Labute approximate surface area is 148 Å². The average Bonchev–Trinajstić information content (AvgIpc) is 2.53. The summed E-state index contributed by atoms with van der Waals surface area (Å²) in [7, 11) is 0. The molecule has 3 N–H and O–H groups in total. The summed E-state index contributed by atoms with van der Waals surface area (Å²) in [6.07, 6.45) is -4.74. The van der Waals surface area contributed by atoms with Crippen molar-refractivity contribution in [2.45, 2.75) is 25.2 Å². The van der Waals surface area contributed by atoms with Gasteiger partial charge in [-0.25, -0.2) is 0 Å². The van der Waals surface area contributed by atoms with Crippen LogP contribution in [0.2, 0.25) is 0 Å². The van der Waals surface area contributed by atoms with Gasteiger partial charge in [0.05, 0.1) is 12.7 Å². The molecule has 0 spiro atoms. The lowest BCUT2D eigenvalue weighted by Gasteiger charge is -2.29. The maximum Gasteiger partial charge on any atom is 0.405 e. The topological polar surface area (TPSA) is 79.5 Å². The molecule has 2 amide bonds. The van der Waals surface area contributed by atoms with Crippen molar-refractivity contribution >= 4 is 29.9 Å². The van der Waals surface area contributed by atoms with E-state index in [9.17, 15) is 22.8 Å². The van der Waals surface area contributed by atoms with E-state index in [-0.39, 0.29) is 30.0 Å². The maximum atomic E-state index is 12.2. The number of ether oxygens (including phenoxy) is 1. The highest BCUT2D eigenvalue weighted by Crippen LogP contribution is 2.14. The number of halogens is 4. The predicted molar refractivity (Wildman–Crippen MR) is 87.9 cm³/mol. The standard InChI is InChI=1S/C15H18F3N3O3.ClH/c1-9-12(19-6-7-24-9)14(23)21-11-4-2-10(3-5-11)13(22)20-8-15(16,17)18;/h2-5,9,12,19H,6-8H2,1H3,(H,20,22)(H,21,23);1H/t9-,12+;/m1./s1. The minimum Gasteiger partial charge on any atom is -0.375 e. The summed E-state index contributed by atoms with van der Waals surface area (Å²) in [6.45, 7) is 1.49. The van der Waals surface area contributed by atoms with Gasteiger partial charge < -0.3 is 20.7 Å². The minimum absolute atomic E-state index is 0. The number of morpholine rings is 1. The molecule has 0 unspecified atom stereocenters. The van der Waals surface area contributed by atoms with Crippen molar-refractivity contribution in [2.75, 3.05) is 25.0 Å². The summed E-state index contributed by atoms with van der Waals surface area (Å²) in [5, 5.41) is 7.49. The first-order chi connectivity index (χ1) is 11.3. The molecule has 0 saturated carbocycles. The van der Waals surface area contributed by atoms with Gasteiger partial charge in [-0.15, -0.1) is 12.4 Å². The van der Waals surface area contributed by atoms with Crippen molar-refractivity contribution in [1.29, 1.82) is 0 Å². The fraction of sp³-hybridized carbons (Fsp3) is 0.467. The summed E-state index contributed by atoms with van der Waals surface area (Å²) in [5.74, 6) is -1.11. The molecule has 2 atom stereocenters. The van der Waals surface area contributed by atoms with Crippen LogP contribution in [-0.2, 0) is 9.53 Å². The van der Waals surface area contributed by atoms with E-state index in [1.165, 1.54) is 24.3 Å². The highest BCUT2D eigenvalue weighted by Gasteiger charge is 2.29. The number of hydrogen-bond donors (Lipinski definition) is 3. The molecule has 1 heterocycles. The second-order valence-corrected chi connectivity index (χ2v) is 5.37. The van der Waals surface area contributed by atoms with Crippen LogP contribution in [0.5, 0.6) is 0 Å². The number of carbonyl (C=O) groups is 2. The zero-order chi connectivity index (χ0) is 17.7. The van der Waals surface area contributed by atoms with Crippen molar-refractivity contribution in [2.24, 2.45) is 0 Å². The largest absolute Gasteiger partial charge is 0.405 e. The van der Waals surface area contributed by atoms with Gasteiger partial charge in [0.15, 0.2) is 0 Å². The Morgan fingerprint density at radius 3 is 2.48 bits per heavy atom. The third kappa shape index (κ3) is 6.52. The lowest BCUT2D eigenvalue weighted by atomic mass is 10.1. The Hall–Kier alpha value is -1.84. The second-order valence-electron chi connectivity index (χ2n) is 5.37. The van der Waals surface area contributed by atoms with E-state index in [0.717, 1.165) is 0 Å². The van der Waals surface area contributed by atoms with Gasteiger partial charge in [0.2, 0.25) is 5.91 Å². The molecule has 140 valence electrons. The summed E-state index contributed by atoms with van der Waals surface area (Å²) in [6, 6.07) is 5.10. The Bertz CT molecular complexity index is 596. The third-order valence-corrected chi connectivity index (χ3v) is 3.46. The number of alkyl halides is 3. The fourth-order valence-corrected chi connectivity index (χ4v) is 2.23. The first-order valence-corrected chi connectivity index (χ1v) is 7.37. The molecule has 1 saturated heterocycles. The van der Waals surface area contributed by atoms with E-state index in [2.05, 4.69) is 10.6 Å². The molecule has 0 aromatic heterocycles. The van der Waals surface area contributed by atoms with E-state index >= 15 is 0 Å². The Kier molecular flexibility index (Phi) is 7.65. The first-order valence-electron chi connectivity index (χ1n) is 7.37. The Morgan fingerprint density at radius 1 is 1.28 bits per heavy atom. The molecular formula is C15H19ClF3N3O3. The molecule has 1 aliphatic rings. The summed E-state index contributed by atoms with van der Waals surface area (Å²) < 4.78 is 41.6. The second kappa shape index (κ2) is 9.02. The number of anilines is 1. The Morgan fingerprint density at radius 2 is 1.92 bits per heavy atom. The van der Waals surface area contributed by atoms with Crippen molar-refractivity contribution in [3.63, 3.8) is 0 Å². The van der Waals surface area contributed by atoms with Gasteiger partial charge in [0, 0.05) is 17.8 Å². The number of carbonyl (C=O) groups excluding carboxylic acids is 2.